The van der Waals surface area contributed by atoms with Crippen molar-refractivity contribution in [2.24, 2.45) is 0 Å². The van der Waals surface area contributed by atoms with Gasteiger partial charge < -0.3 is 19.5 Å². The molecule has 1 aromatic heterocycles. The third kappa shape index (κ3) is 2.98. The van der Waals surface area contributed by atoms with Crippen molar-refractivity contribution in [2.45, 2.75) is 0 Å². The van der Waals surface area contributed by atoms with Crippen LogP contribution in [0.2, 0.25) is 0 Å². The standard InChI is InChI=1S/C20H20FN3O2/c1-26-15-7-5-14(6-8-15)23-9-11-24(12-10-23)20(25)19-13-16-17(21)3-2-4-18(16)22-19/h2-8,13,22H,9-12H2,1H3. The van der Waals surface area contributed by atoms with Crippen LogP contribution in [0.15, 0.2) is 48.5 Å². The Balaban J connectivity index is 1.44. The number of anilines is 1. The molecule has 1 N–H and O–H groups in total. The number of nitrogens with zero attached hydrogens (tertiary/aromatic N) is 2. The molecule has 2 aromatic carbocycles. The Hall–Kier alpha value is -3.02. The second kappa shape index (κ2) is 6.71. The van der Waals surface area contributed by atoms with Gasteiger partial charge in [-0.15, -0.1) is 0 Å². The number of carbonyl (C=O) groups excluding carboxylic acids is 1. The molecular weight excluding hydrogens is 333 g/mol. The minimum Gasteiger partial charge on any atom is -0.497 e. The number of carbonyl (C=O) groups is 1. The number of ether oxygens (including phenoxy) is 1. The molecule has 6 heteroatoms. The van der Waals surface area contributed by atoms with Crippen LogP contribution in [0, 0.1) is 5.82 Å². The van der Waals surface area contributed by atoms with Gasteiger partial charge in [-0.25, -0.2) is 4.39 Å². The number of hydrogen-bond donors (Lipinski definition) is 1. The third-order valence-corrected chi connectivity index (χ3v) is 4.85. The molecule has 134 valence electrons. The molecule has 5 nitrogen and oxygen atoms in total. The molecule has 1 saturated heterocycles. The zero-order chi connectivity index (χ0) is 18.1. The fraction of sp³-hybridized carbons (Fsp3) is 0.250. The number of rotatable bonds is 3. The van der Waals surface area contributed by atoms with Crippen LogP contribution in [0.5, 0.6) is 5.75 Å². The molecule has 1 aliphatic heterocycles. The summed E-state index contributed by atoms with van der Waals surface area (Å²) in [6.07, 6.45) is 0. The van der Waals surface area contributed by atoms with Gasteiger partial charge in [0, 0.05) is 42.8 Å². The number of H-pyrrole nitrogens is 1. The monoisotopic (exact) mass is 353 g/mol. The summed E-state index contributed by atoms with van der Waals surface area (Å²) >= 11 is 0. The highest BCUT2D eigenvalue weighted by molar-refractivity contribution is 5.98. The Bertz CT molecular complexity index is 928. The highest BCUT2D eigenvalue weighted by Crippen LogP contribution is 2.22. The van der Waals surface area contributed by atoms with Crippen LogP contribution >= 0.6 is 0 Å². The fourth-order valence-corrected chi connectivity index (χ4v) is 3.36. The first-order valence-electron chi connectivity index (χ1n) is 8.61. The molecule has 0 atom stereocenters. The van der Waals surface area contributed by atoms with Gasteiger partial charge >= 0.3 is 0 Å². The molecule has 0 radical (unpaired) electrons. The summed E-state index contributed by atoms with van der Waals surface area (Å²) in [7, 11) is 1.65. The van der Waals surface area contributed by atoms with Crippen molar-refractivity contribution >= 4 is 22.5 Å². The first-order chi connectivity index (χ1) is 12.7. The zero-order valence-corrected chi connectivity index (χ0v) is 14.5. The highest BCUT2D eigenvalue weighted by atomic mass is 19.1. The first-order valence-corrected chi connectivity index (χ1v) is 8.61. The number of aromatic nitrogens is 1. The smallest absolute Gasteiger partial charge is 0.270 e. The average molecular weight is 353 g/mol. The number of fused-ring (bicyclic) bond motifs is 1. The van der Waals surface area contributed by atoms with E-state index in [1.807, 2.05) is 29.2 Å². The van der Waals surface area contributed by atoms with Crippen LogP contribution in [0.3, 0.4) is 0 Å². The summed E-state index contributed by atoms with van der Waals surface area (Å²) < 4.78 is 19.0. The Morgan fingerprint density at radius 2 is 1.81 bits per heavy atom. The second-order valence-electron chi connectivity index (χ2n) is 6.36. The van der Waals surface area contributed by atoms with Gasteiger partial charge in [0.2, 0.25) is 0 Å². The average Bonchev–Trinajstić information content (AvgIpc) is 3.13. The van der Waals surface area contributed by atoms with E-state index in [0.29, 0.717) is 29.7 Å². The van der Waals surface area contributed by atoms with E-state index in [1.54, 1.807) is 25.3 Å². The first kappa shape index (κ1) is 16.4. The number of amides is 1. The van der Waals surface area contributed by atoms with E-state index in [1.165, 1.54) is 6.07 Å². The maximum Gasteiger partial charge on any atom is 0.270 e. The van der Waals surface area contributed by atoms with Crippen molar-refractivity contribution in [3.05, 3.63) is 60.0 Å². The van der Waals surface area contributed by atoms with E-state index in [4.69, 9.17) is 4.74 Å². The van der Waals surface area contributed by atoms with Gasteiger partial charge in [-0.1, -0.05) is 6.07 Å². The van der Waals surface area contributed by atoms with Crippen molar-refractivity contribution < 1.29 is 13.9 Å². The lowest BCUT2D eigenvalue weighted by molar-refractivity contribution is 0.0742. The van der Waals surface area contributed by atoms with Crippen molar-refractivity contribution in [1.82, 2.24) is 9.88 Å². The van der Waals surface area contributed by atoms with Crippen LogP contribution in [0.4, 0.5) is 10.1 Å². The summed E-state index contributed by atoms with van der Waals surface area (Å²) in [6, 6.07) is 14.3. The van der Waals surface area contributed by atoms with Crippen molar-refractivity contribution in [2.75, 3.05) is 38.2 Å². The van der Waals surface area contributed by atoms with Gasteiger partial charge in [0.15, 0.2) is 0 Å². The number of halogens is 1. The maximum atomic E-state index is 13.8. The molecule has 1 amide bonds. The fourth-order valence-electron chi connectivity index (χ4n) is 3.36. The van der Waals surface area contributed by atoms with Gasteiger partial charge in [-0.05, 0) is 42.5 Å². The zero-order valence-electron chi connectivity index (χ0n) is 14.5. The van der Waals surface area contributed by atoms with Gasteiger partial charge in [0.25, 0.3) is 5.91 Å². The molecule has 0 spiro atoms. The minimum atomic E-state index is -0.317. The summed E-state index contributed by atoms with van der Waals surface area (Å²) in [4.78, 5) is 19.8. The molecule has 0 unspecified atom stereocenters. The topological polar surface area (TPSA) is 48.6 Å². The molecule has 3 aromatic rings. The van der Waals surface area contributed by atoms with E-state index in [9.17, 15) is 9.18 Å². The quantitative estimate of drug-likeness (QED) is 0.786. The van der Waals surface area contributed by atoms with Crippen LogP contribution in [0.1, 0.15) is 10.5 Å². The Kier molecular flexibility index (Phi) is 4.24. The minimum absolute atomic E-state index is 0.0880. The van der Waals surface area contributed by atoms with E-state index in [2.05, 4.69) is 9.88 Å². The lowest BCUT2D eigenvalue weighted by Crippen LogP contribution is -2.48. The van der Waals surface area contributed by atoms with Crippen molar-refractivity contribution in [3.8, 4) is 5.75 Å². The van der Waals surface area contributed by atoms with Crippen LogP contribution in [-0.4, -0.2) is 49.1 Å². The predicted molar refractivity (Wildman–Crippen MR) is 99.4 cm³/mol. The predicted octanol–water partition coefficient (Wildman–Crippen LogP) is 3.28. The van der Waals surface area contributed by atoms with E-state index < -0.39 is 0 Å². The molecule has 2 heterocycles. The van der Waals surface area contributed by atoms with Crippen LogP contribution < -0.4 is 9.64 Å². The number of methoxy groups -OCH3 is 1. The molecule has 0 saturated carbocycles. The summed E-state index contributed by atoms with van der Waals surface area (Å²) in [6.45, 7) is 2.77. The molecule has 4 rings (SSSR count). The van der Waals surface area contributed by atoms with Crippen LogP contribution in [0.25, 0.3) is 10.9 Å². The Labute approximate surface area is 151 Å². The van der Waals surface area contributed by atoms with Gasteiger partial charge in [-0.3, -0.25) is 4.79 Å². The number of piperazine rings is 1. The van der Waals surface area contributed by atoms with Gasteiger partial charge in [0.1, 0.15) is 17.3 Å². The lowest BCUT2D eigenvalue weighted by atomic mass is 10.2. The highest BCUT2D eigenvalue weighted by Gasteiger charge is 2.23. The molecular formula is C20H20FN3O2. The number of hydrogen-bond acceptors (Lipinski definition) is 3. The van der Waals surface area contributed by atoms with Gasteiger partial charge in [0.05, 0.1) is 7.11 Å². The third-order valence-electron chi connectivity index (χ3n) is 4.85. The second-order valence-corrected chi connectivity index (χ2v) is 6.36. The molecule has 1 fully saturated rings. The van der Waals surface area contributed by atoms with E-state index in [0.717, 1.165) is 24.5 Å². The SMILES string of the molecule is COc1ccc(N2CCN(C(=O)c3cc4c(F)cccc4[nH]3)CC2)cc1. The largest absolute Gasteiger partial charge is 0.497 e. The summed E-state index contributed by atoms with van der Waals surface area (Å²) in [5, 5.41) is 0.452. The van der Waals surface area contributed by atoms with Crippen molar-refractivity contribution in [1.29, 1.82) is 0 Å². The number of aromatic amines is 1. The molecule has 26 heavy (non-hydrogen) atoms. The molecule has 1 aliphatic rings. The van der Waals surface area contributed by atoms with Crippen molar-refractivity contribution in [3.63, 3.8) is 0 Å². The number of nitrogens with one attached hydrogen (secondary N) is 1. The Morgan fingerprint density at radius 3 is 2.46 bits per heavy atom. The lowest BCUT2D eigenvalue weighted by Gasteiger charge is -2.36. The normalized spacial score (nSPS) is 14.7. The van der Waals surface area contributed by atoms with Crippen LogP contribution in [-0.2, 0) is 0 Å². The van der Waals surface area contributed by atoms with Gasteiger partial charge in [-0.2, -0.15) is 0 Å². The molecule has 0 aliphatic carbocycles. The number of benzene rings is 2. The maximum absolute atomic E-state index is 13.8. The van der Waals surface area contributed by atoms with E-state index in [-0.39, 0.29) is 11.7 Å². The van der Waals surface area contributed by atoms with E-state index >= 15 is 0 Å². The Morgan fingerprint density at radius 1 is 1.08 bits per heavy atom. The molecule has 0 bridgehead atoms. The summed E-state index contributed by atoms with van der Waals surface area (Å²) in [5.41, 5.74) is 2.19. The summed E-state index contributed by atoms with van der Waals surface area (Å²) in [5.74, 6) is 0.422.